The summed E-state index contributed by atoms with van der Waals surface area (Å²) < 4.78 is 4.80. The van der Waals surface area contributed by atoms with Crippen molar-refractivity contribution >= 4 is 22.4 Å². The number of nitrogens with one attached hydrogen (secondary N) is 1. The summed E-state index contributed by atoms with van der Waals surface area (Å²) >= 11 is 1.30. The van der Waals surface area contributed by atoms with Crippen molar-refractivity contribution in [1.82, 2.24) is 15.4 Å². The molecule has 0 saturated heterocycles. The van der Waals surface area contributed by atoms with E-state index in [4.69, 9.17) is 4.52 Å². The van der Waals surface area contributed by atoms with Gasteiger partial charge >= 0.3 is 0 Å². The van der Waals surface area contributed by atoms with E-state index in [-0.39, 0.29) is 11.7 Å². The van der Waals surface area contributed by atoms with Crippen molar-refractivity contribution in [1.29, 1.82) is 0 Å². The monoisotopic (exact) mass is 224 g/mol. The van der Waals surface area contributed by atoms with E-state index in [0.717, 1.165) is 5.01 Å². The second kappa shape index (κ2) is 3.77. The highest BCUT2D eigenvalue weighted by molar-refractivity contribution is 7.15. The van der Waals surface area contributed by atoms with Gasteiger partial charge in [-0.1, -0.05) is 16.5 Å². The van der Waals surface area contributed by atoms with Crippen molar-refractivity contribution < 1.29 is 9.32 Å². The molecule has 2 aromatic rings. The van der Waals surface area contributed by atoms with Gasteiger partial charge in [0.1, 0.15) is 5.01 Å². The average Bonchev–Trinajstić information content (AvgIpc) is 2.75. The molecule has 1 N–H and O–H groups in total. The number of rotatable bonds is 2. The van der Waals surface area contributed by atoms with Crippen LogP contribution in [0.1, 0.15) is 21.3 Å². The molecule has 6 nitrogen and oxygen atoms in total. The van der Waals surface area contributed by atoms with Crippen LogP contribution in [-0.2, 0) is 0 Å². The van der Waals surface area contributed by atoms with Gasteiger partial charge in [-0.2, -0.15) is 0 Å². The topological polar surface area (TPSA) is 80.9 Å². The number of nitrogens with zero attached hydrogens (tertiary/aromatic N) is 3. The molecular weight excluding hydrogens is 216 g/mol. The van der Waals surface area contributed by atoms with Crippen LogP contribution in [0.2, 0.25) is 0 Å². The molecule has 2 heterocycles. The highest BCUT2D eigenvalue weighted by atomic mass is 32.1. The fourth-order valence-electron chi connectivity index (χ4n) is 0.976. The number of hydrogen-bond donors (Lipinski definition) is 1. The first-order valence-electron chi connectivity index (χ1n) is 4.20. The van der Waals surface area contributed by atoms with Crippen molar-refractivity contribution in [2.75, 3.05) is 5.32 Å². The van der Waals surface area contributed by atoms with E-state index < -0.39 is 0 Å². The largest absolute Gasteiger partial charge is 0.351 e. The summed E-state index contributed by atoms with van der Waals surface area (Å²) in [5, 5.41) is 15.0. The fraction of sp³-hybridized carbons (Fsp3) is 0.250. The smallest absolute Gasteiger partial charge is 0.296 e. The number of anilines is 1. The van der Waals surface area contributed by atoms with Crippen molar-refractivity contribution in [3.05, 3.63) is 22.5 Å². The maximum Gasteiger partial charge on any atom is 0.296 e. The van der Waals surface area contributed by atoms with Crippen molar-refractivity contribution in [3.63, 3.8) is 0 Å². The van der Waals surface area contributed by atoms with Crippen LogP contribution in [0.4, 0.5) is 5.13 Å². The average molecular weight is 224 g/mol. The second-order valence-corrected chi connectivity index (χ2v) is 4.09. The molecule has 0 saturated carbocycles. The Bertz CT molecular complexity index is 490. The third-order valence-electron chi connectivity index (χ3n) is 1.60. The highest BCUT2D eigenvalue weighted by Gasteiger charge is 2.13. The summed E-state index contributed by atoms with van der Waals surface area (Å²) in [6.45, 7) is 3.56. The van der Waals surface area contributed by atoms with Crippen LogP contribution in [0.3, 0.4) is 0 Å². The van der Waals surface area contributed by atoms with Crippen LogP contribution in [0.15, 0.2) is 10.6 Å². The van der Waals surface area contributed by atoms with Crippen LogP contribution in [0.5, 0.6) is 0 Å². The first-order valence-corrected chi connectivity index (χ1v) is 5.01. The number of aryl methyl sites for hydroxylation is 2. The first-order chi connectivity index (χ1) is 7.15. The van der Waals surface area contributed by atoms with Crippen molar-refractivity contribution in [2.45, 2.75) is 13.8 Å². The highest BCUT2D eigenvalue weighted by Crippen LogP contribution is 2.15. The predicted molar refractivity (Wildman–Crippen MR) is 53.8 cm³/mol. The summed E-state index contributed by atoms with van der Waals surface area (Å²) in [4.78, 5) is 11.5. The number of hydrogen-bond acceptors (Lipinski definition) is 6. The van der Waals surface area contributed by atoms with Gasteiger partial charge in [-0.3, -0.25) is 10.1 Å². The summed E-state index contributed by atoms with van der Waals surface area (Å²) in [5.74, 6) is -0.202. The molecule has 0 aliphatic heterocycles. The van der Waals surface area contributed by atoms with Crippen molar-refractivity contribution in [2.24, 2.45) is 0 Å². The lowest BCUT2D eigenvalue weighted by Crippen LogP contribution is -2.10. The van der Waals surface area contributed by atoms with E-state index in [2.05, 4.69) is 20.7 Å². The van der Waals surface area contributed by atoms with Crippen LogP contribution in [0.25, 0.3) is 0 Å². The molecule has 0 fully saturated rings. The summed E-state index contributed by atoms with van der Waals surface area (Å²) in [6.07, 6.45) is 0. The molecule has 0 aliphatic carbocycles. The van der Waals surface area contributed by atoms with E-state index in [9.17, 15) is 4.79 Å². The van der Waals surface area contributed by atoms with Crippen molar-refractivity contribution in [3.8, 4) is 0 Å². The summed E-state index contributed by atoms with van der Waals surface area (Å²) in [7, 11) is 0. The van der Waals surface area contributed by atoms with E-state index in [1.54, 1.807) is 13.0 Å². The third-order valence-corrected chi connectivity index (χ3v) is 2.35. The number of carbonyl (C=O) groups excluding carboxylic acids is 1. The van der Waals surface area contributed by atoms with Crippen LogP contribution < -0.4 is 5.32 Å². The Morgan fingerprint density at radius 3 is 2.80 bits per heavy atom. The summed E-state index contributed by atoms with van der Waals surface area (Å²) in [6, 6.07) is 1.56. The second-order valence-electron chi connectivity index (χ2n) is 2.91. The lowest BCUT2D eigenvalue weighted by atomic mass is 10.4. The molecule has 0 atom stereocenters. The van der Waals surface area contributed by atoms with Gasteiger partial charge in [-0.15, -0.1) is 10.2 Å². The van der Waals surface area contributed by atoms with E-state index in [0.29, 0.717) is 10.8 Å². The molecular formula is C8H8N4O2S. The molecule has 2 aromatic heterocycles. The minimum Gasteiger partial charge on any atom is -0.351 e. The Morgan fingerprint density at radius 1 is 1.47 bits per heavy atom. The van der Waals surface area contributed by atoms with Gasteiger partial charge in [-0.25, -0.2) is 0 Å². The van der Waals surface area contributed by atoms with Gasteiger partial charge in [0, 0.05) is 6.07 Å². The lowest BCUT2D eigenvalue weighted by Gasteiger charge is -1.94. The maximum atomic E-state index is 11.5. The molecule has 0 radical (unpaired) electrons. The predicted octanol–water partition coefficient (Wildman–Crippen LogP) is 1.40. The molecule has 0 unspecified atom stereocenters. The van der Waals surface area contributed by atoms with Gasteiger partial charge in [0.2, 0.25) is 10.9 Å². The molecule has 0 aliphatic rings. The number of amides is 1. The quantitative estimate of drug-likeness (QED) is 0.833. The van der Waals surface area contributed by atoms with E-state index in [1.807, 2.05) is 6.92 Å². The normalized spacial score (nSPS) is 10.3. The molecule has 15 heavy (non-hydrogen) atoms. The lowest BCUT2D eigenvalue weighted by molar-refractivity contribution is 0.0988. The molecule has 0 spiro atoms. The SMILES string of the molecule is Cc1cc(C(=O)Nc2nnc(C)s2)on1. The first kappa shape index (κ1) is 9.78. The van der Waals surface area contributed by atoms with Crippen LogP contribution in [-0.4, -0.2) is 21.3 Å². The molecule has 0 bridgehead atoms. The zero-order valence-corrected chi connectivity index (χ0v) is 8.96. The maximum absolute atomic E-state index is 11.5. The van der Waals surface area contributed by atoms with Gasteiger partial charge < -0.3 is 4.52 Å². The van der Waals surface area contributed by atoms with Gasteiger partial charge in [0.15, 0.2) is 0 Å². The summed E-state index contributed by atoms with van der Waals surface area (Å²) in [5.41, 5.74) is 0.661. The molecule has 0 aromatic carbocycles. The molecule has 7 heteroatoms. The van der Waals surface area contributed by atoms with Gasteiger partial charge in [-0.05, 0) is 13.8 Å². The Morgan fingerprint density at radius 2 is 2.27 bits per heavy atom. The van der Waals surface area contributed by atoms with E-state index in [1.165, 1.54) is 11.3 Å². The zero-order chi connectivity index (χ0) is 10.8. The number of carbonyl (C=O) groups is 1. The Kier molecular flexibility index (Phi) is 2.46. The Labute approximate surface area is 89.3 Å². The van der Waals surface area contributed by atoms with Gasteiger partial charge in [0.05, 0.1) is 5.69 Å². The minimum absolute atomic E-state index is 0.167. The van der Waals surface area contributed by atoms with Crippen LogP contribution >= 0.6 is 11.3 Å². The molecule has 2 rings (SSSR count). The zero-order valence-electron chi connectivity index (χ0n) is 8.14. The Balaban J connectivity index is 2.10. The standard InChI is InChI=1S/C8H8N4O2S/c1-4-3-6(14-12-4)7(13)9-8-11-10-5(2)15-8/h3H,1-2H3,(H,9,11,13). The van der Waals surface area contributed by atoms with E-state index >= 15 is 0 Å². The molecule has 1 amide bonds. The third kappa shape index (κ3) is 2.18. The number of aromatic nitrogens is 3. The molecule has 78 valence electrons. The van der Waals surface area contributed by atoms with Crippen LogP contribution in [0, 0.1) is 13.8 Å². The van der Waals surface area contributed by atoms with Gasteiger partial charge in [0.25, 0.3) is 5.91 Å². The minimum atomic E-state index is -0.369. The fourth-order valence-corrected chi connectivity index (χ4v) is 1.56. The Hall–Kier alpha value is -1.76.